The van der Waals surface area contributed by atoms with E-state index in [1.807, 2.05) is 0 Å². The van der Waals surface area contributed by atoms with Crippen LogP contribution in [-0.4, -0.2) is 64.2 Å². The van der Waals surface area contributed by atoms with Crippen molar-refractivity contribution in [3.63, 3.8) is 0 Å². The molecular weight excluding hydrogens is 326 g/mol. The molecular formula is C17H25N3O5. The molecule has 0 radical (unpaired) electrons. The number of aromatic nitrogens is 1. The average Bonchev–Trinajstić information content (AvgIpc) is 3.19. The Labute approximate surface area is 146 Å². The van der Waals surface area contributed by atoms with Crippen LogP contribution < -0.4 is 0 Å². The minimum atomic E-state index is -0.991. The van der Waals surface area contributed by atoms with Gasteiger partial charge in [0.05, 0.1) is 13.2 Å². The number of rotatable bonds is 2. The molecule has 1 N–H and O–H groups in total. The number of oxazole rings is 1. The van der Waals surface area contributed by atoms with Crippen molar-refractivity contribution in [3.05, 3.63) is 17.8 Å². The van der Waals surface area contributed by atoms with Crippen molar-refractivity contribution >= 4 is 12.1 Å². The number of esters is 1. The van der Waals surface area contributed by atoms with E-state index in [-0.39, 0.29) is 29.1 Å². The van der Waals surface area contributed by atoms with E-state index in [0.29, 0.717) is 6.54 Å². The van der Waals surface area contributed by atoms with Gasteiger partial charge in [-0.15, -0.1) is 0 Å². The fourth-order valence-electron chi connectivity index (χ4n) is 4.21. The van der Waals surface area contributed by atoms with E-state index in [1.165, 1.54) is 18.3 Å². The lowest BCUT2D eigenvalue weighted by Crippen LogP contribution is -2.64. The summed E-state index contributed by atoms with van der Waals surface area (Å²) < 4.78 is 10.1. The van der Waals surface area contributed by atoms with Gasteiger partial charge in [0.25, 0.3) is 0 Å². The number of piperazine rings is 1. The zero-order valence-corrected chi connectivity index (χ0v) is 15.1. The molecule has 1 aromatic heterocycles. The standard InChI is InChI=1S/C17H25N3O5/c1-17(2,3)13-11-6-5-7-19(11)8-12(20(13)16(22)23)14-18-10(9-25-14)15(21)24-4/h9,11-13H,5-8H2,1-4H3,(H,22,23)/t11-,12+,13?/m1/s1. The second-order valence-corrected chi connectivity index (χ2v) is 7.78. The summed E-state index contributed by atoms with van der Waals surface area (Å²) in [4.78, 5) is 31.8. The summed E-state index contributed by atoms with van der Waals surface area (Å²) in [6, 6.07) is -0.531. The summed E-state index contributed by atoms with van der Waals surface area (Å²) in [5, 5.41) is 9.93. The van der Waals surface area contributed by atoms with Gasteiger partial charge in [-0.2, -0.15) is 0 Å². The highest BCUT2D eigenvalue weighted by atomic mass is 16.5. The normalized spacial score (nSPS) is 27.2. The third-order valence-corrected chi connectivity index (χ3v) is 5.13. The first kappa shape index (κ1) is 17.7. The van der Waals surface area contributed by atoms with Crippen LogP contribution in [0.2, 0.25) is 0 Å². The van der Waals surface area contributed by atoms with E-state index < -0.39 is 18.1 Å². The maximum atomic E-state index is 12.1. The van der Waals surface area contributed by atoms with Gasteiger partial charge in [0.1, 0.15) is 12.3 Å². The van der Waals surface area contributed by atoms with Crippen LogP contribution in [0.25, 0.3) is 0 Å². The lowest BCUT2D eigenvalue weighted by Gasteiger charge is -2.52. The Bertz CT molecular complexity index is 665. The molecule has 25 heavy (non-hydrogen) atoms. The van der Waals surface area contributed by atoms with Crippen LogP contribution in [0.1, 0.15) is 56.0 Å². The molecule has 0 aliphatic carbocycles. The lowest BCUT2D eigenvalue weighted by molar-refractivity contribution is -0.0448. The van der Waals surface area contributed by atoms with Crippen molar-refractivity contribution in [3.8, 4) is 0 Å². The Balaban J connectivity index is 2.00. The number of methoxy groups -OCH3 is 1. The molecule has 0 spiro atoms. The molecule has 138 valence electrons. The fourth-order valence-corrected chi connectivity index (χ4v) is 4.21. The van der Waals surface area contributed by atoms with E-state index in [0.717, 1.165) is 19.4 Å². The average molecular weight is 351 g/mol. The van der Waals surface area contributed by atoms with Gasteiger partial charge >= 0.3 is 12.1 Å². The van der Waals surface area contributed by atoms with Crippen molar-refractivity contribution in [1.82, 2.24) is 14.8 Å². The van der Waals surface area contributed by atoms with E-state index in [2.05, 4.69) is 35.4 Å². The van der Waals surface area contributed by atoms with Gasteiger partial charge < -0.3 is 14.3 Å². The zero-order valence-electron chi connectivity index (χ0n) is 15.1. The highest BCUT2D eigenvalue weighted by Crippen LogP contribution is 2.43. The molecule has 0 aromatic carbocycles. The van der Waals surface area contributed by atoms with Gasteiger partial charge in [0, 0.05) is 12.6 Å². The minimum Gasteiger partial charge on any atom is -0.465 e. The SMILES string of the molecule is COC(=O)c1coc([C@@H]2CN3CCC[C@@H]3C(C(C)(C)C)N2C(=O)O)n1. The van der Waals surface area contributed by atoms with Crippen molar-refractivity contribution in [2.75, 3.05) is 20.2 Å². The Hall–Kier alpha value is -2.09. The summed E-state index contributed by atoms with van der Waals surface area (Å²) in [6.45, 7) is 7.63. The van der Waals surface area contributed by atoms with Gasteiger partial charge in [0.2, 0.25) is 5.89 Å². The van der Waals surface area contributed by atoms with E-state index >= 15 is 0 Å². The van der Waals surface area contributed by atoms with Crippen LogP contribution in [-0.2, 0) is 4.74 Å². The molecule has 2 aliphatic heterocycles. The first-order valence-corrected chi connectivity index (χ1v) is 8.53. The highest BCUT2D eigenvalue weighted by Gasteiger charge is 2.51. The second kappa shape index (κ2) is 6.33. The first-order chi connectivity index (χ1) is 11.7. The largest absolute Gasteiger partial charge is 0.465 e. The Kier molecular flexibility index (Phi) is 4.49. The molecule has 8 nitrogen and oxygen atoms in total. The summed E-state index contributed by atoms with van der Waals surface area (Å²) in [5.41, 5.74) is -0.180. The van der Waals surface area contributed by atoms with Crippen LogP contribution in [0.3, 0.4) is 0 Å². The topological polar surface area (TPSA) is 96.1 Å². The Morgan fingerprint density at radius 1 is 1.40 bits per heavy atom. The molecule has 2 fully saturated rings. The molecule has 0 bridgehead atoms. The van der Waals surface area contributed by atoms with Crippen molar-refractivity contribution in [2.24, 2.45) is 5.41 Å². The van der Waals surface area contributed by atoms with Crippen LogP contribution in [0.5, 0.6) is 0 Å². The van der Waals surface area contributed by atoms with Crippen LogP contribution in [0, 0.1) is 5.41 Å². The number of carbonyl (C=O) groups excluding carboxylic acids is 1. The fraction of sp³-hybridized carbons (Fsp3) is 0.706. The van der Waals surface area contributed by atoms with Gasteiger partial charge in [-0.3, -0.25) is 9.80 Å². The monoisotopic (exact) mass is 351 g/mol. The van der Waals surface area contributed by atoms with Gasteiger partial charge in [-0.05, 0) is 24.8 Å². The smallest absolute Gasteiger partial charge is 0.408 e. The Morgan fingerprint density at radius 2 is 2.12 bits per heavy atom. The summed E-state index contributed by atoms with van der Waals surface area (Å²) in [5.74, 6) is -0.360. The third kappa shape index (κ3) is 3.10. The van der Waals surface area contributed by atoms with Crippen LogP contribution in [0.4, 0.5) is 4.79 Å². The predicted octanol–water partition coefficient (Wildman–Crippen LogP) is 2.38. The molecule has 1 aromatic rings. The molecule has 2 saturated heterocycles. The number of hydrogen-bond donors (Lipinski definition) is 1. The molecule has 1 amide bonds. The number of ether oxygens (including phenoxy) is 1. The summed E-state index contributed by atoms with van der Waals surface area (Å²) in [6.07, 6.45) is 2.27. The number of nitrogens with zero attached hydrogens (tertiary/aromatic N) is 3. The number of hydrogen-bond acceptors (Lipinski definition) is 6. The van der Waals surface area contributed by atoms with Gasteiger partial charge in [-0.1, -0.05) is 20.8 Å². The van der Waals surface area contributed by atoms with Gasteiger partial charge in [0.15, 0.2) is 5.69 Å². The van der Waals surface area contributed by atoms with E-state index in [1.54, 1.807) is 0 Å². The van der Waals surface area contributed by atoms with E-state index in [4.69, 9.17) is 4.42 Å². The van der Waals surface area contributed by atoms with Crippen molar-refractivity contribution < 1.29 is 23.8 Å². The van der Waals surface area contributed by atoms with Crippen molar-refractivity contribution in [1.29, 1.82) is 0 Å². The molecule has 2 aliphatic rings. The third-order valence-electron chi connectivity index (χ3n) is 5.13. The molecule has 3 heterocycles. The molecule has 8 heteroatoms. The highest BCUT2D eigenvalue weighted by molar-refractivity contribution is 5.86. The van der Waals surface area contributed by atoms with E-state index in [9.17, 15) is 14.7 Å². The Morgan fingerprint density at radius 3 is 2.72 bits per heavy atom. The van der Waals surface area contributed by atoms with Crippen molar-refractivity contribution in [2.45, 2.75) is 51.7 Å². The lowest BCUT2D eigenvalue weighted by atomic mass is 9.78. The number of carboxylic acid groups (broad SMARTS) is 1. The maximum Gasteiger partial charge on any atom is 0.408 e. The quantitative estimate of drug-likeness (QED) is 0.817. The zero-order chi connectivity index (χ0) is 18.4. The molecule has 0 saturated carbocycles. The summed E-state index contributed by atoms with van der Waals surface area (Å²) >= 11 is 0. The summed E-state index contributed by atoms with van der Waals surface area (Å²) in [7, 11) is 1.27. The van der Waals surface area contributed by atoms with Gasteiger partial charge in [-0.25, -0.2) is 14.6 Å². The van der Waals surface area contributed by atoms with Crippen LogP contribution in [0.15, 0.2) is 10.7 Å². The molecule has 3 rings (SSSR count). The second-order valence-electron chi connectivity index (χ2n) is 7.78. The predicted molar refractivity (Wildman–Crippen MR) is 88.3 cm³/mol. The molecule has 3 atom stereocenters. The minimum absolute atomic E-state index is 0.0543. The molecule has 1 unspecified atom stereocenters. The number of amides is 1. The first-order valence-electron chi connectivity index (χ1n) is 8.53. The number of fused-ring (bicyclic) bond motifs is 1. The maximum absolute atomic E-state index is 12.1. The van der Waals surface area contributed by atoms with Crippen LogP contribution >= 0.6 is 0 Å². The number of carbonyl (C=O) groups is 2.